The van der Waals surface area contributed by atoms with Crippen LogP contribution in [-0.4, -0.2) is 36.1 Å². The van der Waals surface area contributed by atoms with Crippen molar-refractivity contribution < 1.29 is 32.2 Å². The van der Waals surface area contributed by atoms with E-state index in [1.54, 1.807) is 18.3 Å². The van der Waals surface area contributed by atoms with Crippen LogP contribution in [0.1, 0.15) is 63.9 Å². The third-order valence-electron chi connectivity index (χ3n) is 7.99. The Morgan fingerprint density at radius 1 is 1.15 bits per heavy atom. The van der Waals surface area contributed by atoms with Crippen molar-refractivity contribution in [1.82, 2.24) is 9.88 Å². The fourth-order valence-electron chi connectivity index (χ4n) is 6.04. The maximum Gasteiger partial charge on any atom is 0.416 e. The average molecular weight is 539 g/mol. The molecular weight excluding hydrogens is 509 g/mol. The topological polar surface area (TPSA) is 60.9 Å². The van der Waals surface area contributed by atoms with E-state index in [0.29, 0.717) is 49.6 Å². The van der Waals surface area contributed by atoms with Crippen molar-refractivity contribution in [3.63, 3.8) is 0 Å². The number of aromatic nitrogens is 1. The van der Waals surface area contributed by atoms with E-state index in [-0.39, 0.29) is 31.0 Å². The van der Waals surface area contributed by atoms with Crippen molar-refractivity contribution in [2.75, 3.05) is 20.3 Å². The summed E-state index contributed by atoms with van der Waals surface area (Å²) in [4.78, 5) is 18.2. The highest BCUT2D eigenvalue weighted by molar-refractivity contribution is 5.71. The number of carbonyl (C=O) groups is 1. The lowest BCUT2D eigenvalue weighted by atomic mass is 9.95. The van der Waals surface area contributed by atoms with E-state index in [0.717, 1.165) is 34.4 Å². The molecular formula is C30H29F3N2O4. The fraction of sp³-hybridized carbons (Fsp3) is 0.400. The van der Waals surface area contributed by atoms with E-state index < -0.39 is 11.7 Å². The summed E-state index contributed by atoms with van der Waals surface area (Å²) in [5.74, 6) is 0.882. The van der Waals surface area contributed by atoms with Gasteiger partial charge in [0, 0.05) is 55.5 Å². The van der Waals surface area contributed by atoms with Crippen LogP contribution in [0, 0.1) is 0 Å². The van der Waals surface area contributed by atoms with Crippen molar-refractivity contribution in [2.24, 2.45) is 0 Å². The largest absolute Gasteiger partial charge is 0.492 e. The third-order valence-corrected chi connectivity index (χ3v) is 7.99. The van der Waals surface area contributed by atoms with E-state index in [4.69, 9.17) is 14.2 Å². The average Bonchev–Trinajstić information content (AvgIpc) is 3.52. The quantitative estimate of drug-likeness (QED) is 0.372. The summed E-state index contributed by atoms with van der Waals surface area (Å²) in [6, 6.07) is 12.2. The molecule has 6 rings (SSSR count). The van der Waals surface area contributed by atoms with Crippen LogP contribution in [-0.2, 0) is 41.6 Å². The summed E-state index contributed by atoms with van der Waals surface area (Å²) in [7, 11) is 1.36. The summed E-state index contributed by atoms with van der Waals surface area (Å²) in [6.07, 6.45) is -0.946. The SMILES string of the molecule is COC(=O)CC1COc2cc(O[C@@H]3CCc4c3ccc(C(F)(F)F)c4CN3CCc4ncccc4C3)ccc21. The van der Waals surface area contributed by atoms with Crippen molar-refractivity contribution >= 4 is 5.97 Å². The van der Waals surface area contributed by atoms with Gasteiger partial charge in [-0.25, -0.2) is 0 Å². The molecule has 0 fully saturated rings. The first kappa shape index (κ1) is 25.7. The first-order valence-corrected chi connectivity index (χ1v) is 13.2. The minimum absolute atomic E-state index is 0.0745. The van der Waals surface area contributed by atoms with Crippen molar-refractivity contribution in [1.29, 1.82) is 0 Å². The molecule has 0 radical (unpaired) electrons. The molecule has 204 valence electrons. The number of fused-ring (bicyclic) bond motifs is 3. The van der Waals surface area contributed by atoms with Crippen molar-refractivity contribution in [2.45, 2.75) is 57.0 Å². The number of alkyl halides is 3. The zero-order valence-corrected chi connectivity index (χ0v) is 21.6. The molecule has 1 aromatic heterocycles. The molecule has 2 aromatic carbocycles. The second kappa shape index (κ2) is 10.2. The molecule has 2 atom stereocenters. The van der Waals surface area contributed by atoms with Crippen molar-refractivity contribution in [3.8, 4) is 11.5 Å². The fourth-order valence-corrected chi connectivity index (χ4v) is 6.04. The van der Waals surface area contributed by atoms with Gasteiger partial charge in [0.1, 0.15) is 17.6 Å². The van der Waals surface area contributed by atoms with Crippen LogP contribution in [0.5, 0.6) is 11.5 Å². The molecule has 0 saturated carbocycles. The highest BCUT2D eigenvalue weighted by atomic mass is 19.4. The summed E-state index contributed by atoms with van der Waals surface area (Å²) in [5.41, 5.74) is 4.34. The number of esters is 1. The van der Waals surface area contributed by atoms with Crippen LogP contribution in [0.4, 0.5) is 13.2 Å². The Morgan fingerprint density at radius 2 is 2.00 bits per heavy atom. The highest BCUT2D eigenvalue weighted by Gasteiger charge is 2.38. The standard InChI is InChI=1S/C30H29F3N2O4/c1-37-29(36)13-19-17-38-28-14-20(4-5-21(19)28)39-27-9-7-22-23(27)6-8-25(30(31,32)33)24(22)16-35-12-10-26-18(15-35)3-2-11-34-26/h2-6,8,11,14,19,27H,7,9-10,12-13,15-17H2,1H3/t19?,27-/m1/s1. The van der Waals surface area contributed by atoms with Gasteiger partial charge in [0.15, 0.2) is 0 Å². The third kappa shape index (κ3) is 5.07. The summed E-state index contributed by atoms with van der Waals surface area (Å²) in [6.45, 7) is 1.86. The molecule has 39 heavy (non-hydrogen) atoms. The number of benzene rings is 2. The molecule has 0 N–H and O–H groups in total. The molecule has 0 spiro atoms. The molecule has 1 aliphatic carbocycles. The lowest BCUT2D eigenvalue weighted by molar-refractivity contribution is -0.141. The number of nitrogens with zero attached hydrogens (tertiary/aromatic N) is 2. The molecule has 6 nitrogen and oxygen atoms in total. The molecule has 3 aromatic rings. The number of methoxy groups -OCH3 is 1. The Bertz CT molecular complexity index is 1410. The van der Waals surface area contributed by atoms with Gasteiger partial charge in [-0.05, 0) is 53.3 Å². The number of pyridine rings is 1. The number of rotatable bonds is 6. The minimum atomic E-state index is -4.43. The van der Waals surface area contributed by atoms with Gasteiger partial charge in [0.2, 0.25) is 0 Å². The van der Waals surface area contributed by atoms with E-state index in [1.165, 1.54) is 13.2 Å². The van der Waals surface area contributed by atoms with Gasteiger partial charge >= 0.3 is 12.1 Å². The van der Waals surface area contributed by atoms with Gasteiger partial charge in [-0.2, -0.15) is 13.2 Å². The smallest absolute Gasteiger partial charge is 0.416 e. The molecule has 2 aliphatic heterocycles. The Balaban J connectivity index is 1.24. The van der Waals surface area contributed by atoms with Gasteiger partial charge in [-0.15, -0.1) is 0 Å². The van der Waals surface area contributed by atoms with E-state index in [2.05, 4.69) is 9.88 Å². The summed E-state index contributed by atoms with van der Waals surface area (Å²) >= 11 is 0. The van der Waals surface area contributed by atoms with Gasteiger partial charge in [0.05, 0.1) is 25.7 Å². The van der Waals surface area contributed by atoms with E-state index >= 15 is 0 Å². The molecule has 0 bridgehead atoms. The first-order valence-electron chi connectivity index (χ1n) is 13.2. The second-order valence-electron chi connectivity index (χ2n) is 10.4. The monoisotopic (exact) mass is 538 g/mol. The molecule has 1 unspecified atom stereocenters. The lowest BCUT2D eigenvalue weighted by Crippen LogP contribution is -2.32. The zero-order valence-electron chi connectivity index (χ0n) is 21.6. The number of ether oxygens (including phenoxy) is 3. The lowest BCUT2D eigenvalue weighted by Gasteiger charge is -2.30. The predicted molar refractivity (Wildman–Crippen MR) is 136 cm³/mol. The Hall–Kier alpha value is -3.59. The Morgan fingerprint density at radius 3 is 2.82 bits per heavy atom. The molecule has 9 heteroatoms. The normalized spacial score (nSPS) is 20.1. The van der Waals surface area contributed by atoms with Gasteiger partial charge in [-0.3, -0.25) is 14.7 Å². The van der Waals surface area contributed by atoms with Gasteiger partial charge < -0.3 is 14.2 Å². The number of carbonyl (C=O) groups excluding carboxylic acids is 1. The van der Waals surface area contributed by atoms with Crippen LogP contribution in [0.2, 0.25) is 0 Å². The van der Waals surface area contributed by atoms with Crippen molar-refractivity contribution in [3.05, 3.63) is 87.7 Å². The van der Waals surface area contributed by atoms with Crippen LogP contribution in [0.15, 0.2) is 48.7 Å². The minimum Gasteiger partial charge on any atom is -0.492 e. The predicted octanol–water partition coefficient (Wildman–Crippen LogP) is 5.76. The van der Waals surface area contributed by atoms with Gasteiger partial charge in [0.25, 0.3) is 0 Å². The number of hydrogen-bond donors (Lipinski definition) is 0. The molecule has 3 heterocycles. The summed E-state index contributed by atoms with van der Waals surface area (Å²) in [5, 5.41) is 0. The molecule has 0 saturated heterocycles. The van der Waals surface area contributed by atoms with Crippen LogP contribution < -0.4 is 9.47 Å². The van der Waals surface area contributed by atoms with Crippen LogP contribution >= 0.6 is 0 Å². The zero-order chi connectivity index (χ0) is 27.1. The maximum absolute atomic E-state index is 14.1. The number of halogens is 3. The first-order chi connectivity index (χ1) is 18.8. The highest BCUT2D eigenvalue weighted by Crippen LogP contribution is 2.44. The van der Waals surface area contributed by atoms with Gasteiger partial charge in [-0.1, -0.05) is 18.2 Å². The second-order valence-corrected chi connectivity index (χ2v) is 10.4. The van der Waals surface area contributed by atoms with E-state index in [1.807, 2.05) is 24.3 Å². The van der Waals surface area contributed by atoms with E-state index in [9.17, 15) is 18.0 Å². The maximum atomic E-state index is 14.1. The summed E-state index contributed by atoms with van der Waals surface area (Å²) < 4.78 is 59.2. The number of hydrogen-bond acceptors (Lipinski definition) is 6. The van der Waals surface area contributed by atoms with Crippen LogP contribution in [0.25, 0.3) is 0 Å². The Kier molecular flexibility index (Phi) is 6.71. The van der Waals surface area contributed by atoms with Crippen LogP contribution in [0.3, 0.4) is 0 Å². The molecule has 0 amide bonds. The Labute approximate surface area is 224 Å². The molecule has 3 aliphatic rings.